The number of hydrogen-bond acceptors (Lipinski definition) is 2. The van der Waals surface area contributed by atoms with Crippen LogP contribution in [0, 0.1) is 23.4 Å². The lowest BCUT2D eigenvalue weighted by atomic mass is 9.77. The van der Waals surface area contributed by atoms with E-state index in [0.29, 0.717) is 41.7 Å². The van der Waals surface area contributed by atoms with E-state index >= 15 is 0 Å². The summed E-state index contributed by atoms with van der Waals surface area (Å²) >= 11 is 0. The third kappa shape index (κ3) is 5.47. The van der Waals surface area contributed by atoms with E-state index in [2.05, 4.69) is 0 Å². The number of hydrogen-bond donors (Lipinski definition) is 1. The molecule has 0 aromatic heterocycles. The number of aliphatic hydroxyl groups is 1. The summed E-state index contributed by atoms with van der Waals surface area (Å²) in [7, 11) is 0. The molecule has 4 rings (SSSR count). The molecule has 34 heavy (non-hydrogen) atoms. The molecule has 1 N–H and O–H groups in total. The zero-order chi connectivity index (χ0) is 24.1. The molecular formula is C29H31F3O2. The molecule has 1 aliphatic rings. The minimum absolute atomic E-state index is 0.0882. The predicted octanol–water partition coefficient (Wildman–Crippen LogP) is 7.57. The largest absolute Gasteiger partial charge is 0.491 e. The number of ether oxygens (including phenoxy) is 1. The molecule has 0 spiro atoms. The Hall–Kier alpha value is -2.79. The Morgan fingerprint density at radius 2 is 1.62 bits per heavy atom. The number of aryl methyl sites for hydroxylation is 1. The summed E-state index contributed by atoms with van der Waals surface area (Å²) in [5.41, 5.74) is 2.96. The lowest BCUT2D eigenvalue weighted by molar-refractivity contribution is 0.282. The van der Waals surface area contributed by atoms with Crippen LogP contribution in [-0.4, -0.2) is 11.7 Å². The standard InChI is InChI=1S/C29H31F3O2/c1-2-34-27-16-14-24(17-26(27)30)21-8-3-19(4-9-21)5-12-23-13-15-25(29(32)28(23)31)22-10-6-20(18-33)7-11-22/h6-7,10-11,13-17,19,21,33H,2-5,8-9,12,18H2,1H3. The second kappa shape index (κ2) is 11.1. The molecule has 0 radical (unpaired) electrons. The normalized spacial score (nSPS) is 18.1. The molecule has 1 saturated carbocycles. The van der Waals surface area contributed by atoms with E-state index in [-0.39, 0.29) is 18.0 Å². The van der Waals surface area contributed by atoms with Crippen molar-refractivity contribution in [3.8, 4) is 16.9 Å². The Bertz CT molecular complexity index is 1100. The monoisotopic (exact) mass is 468 g/mol. The van der Waals surface area contributed by atoms with Crippen molar-refractivity contribution in [2.24, 2.45) is 5.92 Å². The molecule has 0 heterocycles. The summed E-state index contributed by atoms with van der Waals surface area (Å²) in [6.45, 7) is 2.18. The van der Waals surface area contributed by atoms with Gasteiger partial charge in [-0.1, -0.05) is 42.5 Å². The third-order valence-electron chi connectivity index (χ3n) is 7.01. The Labute approximate surface area is 199 Å². The third-order valence-corrected chi connectivity index (χ3v) is 7.01. The van der Waals surface area contributed by atoms with Crippen LogP contribution >= 0.6 is 0 Å². The van der Waals surface area contributed by atoms with Crippen LogP contribution in [0.3, 0.4) is 0 Å². The molecule has 0 saturated heterocycles. The van der Waals surface area contributed by atoms with Gasteiger partial charge in [0.2, 0.25) is 0 Å². The zero-order valence-electron chi connectivity index (χ0n) is 19.5. The molecule has 180 valence electrons. The van der Waals surface area contributed by atoms with Gasteiger partial charge >= 0.3 is 0 Å². The SMILES string of the molecule is CCOc1ccc(C2CCC(CCc3ccc(-c4ccc(CO)cc4)c(F)c3F)CC2)cc1F. The molecule has 1 aliphatic carbocycles. The number of aliphatic hydroxyl groups excluding tert-OH is 1. The van der Waals surface area contributed by atoms with Crippen molar-refractivity contribution in [2.45, 2.75) is 58.0 Å². The molecule has 0 aliphatic heterocycles. The van der Waals surface area contributed by atoms with Gasteiger partial charge < -0.3 is 9.84 Å². The van der Waals surface area contributed by atoms with Gasteiger partial charge in [-0.05, 0) is 91.7 Å². The first-order valence-electron chi connectivity index (χ1n) is 12.1. The van der Waals surface area contributed by atoms with Crippen LogP contribution in [0.1, 0.15) is 61.6 Å². The van der Waals surface area contributed by atoms with Crippen molar-refractivity contribution in [2.75, 3.05) is 6.61 Å². The summed E-state index contributed by atoms with van der Waals surface area (Å²) in [4.78, 5) is 0. The van der Waals surface area contributed by atoms with E-state index in [1.807, 2.05) is 13.0 Å². The maximum absolute atomic E-state index is 14.8. The van der Waals surface area contributed by atoms with Crippen molar-refractivity contribution in [3.63, 3.8) is 0 Å². The highest BCUT2D eigenvalue weighted by molar-refractivity contribution is 5.65. The summed E-state index contributed by atoms with van der Waals surface area (Å²) in [5.74, 6) is -0.837. The molecule has 2 nitrogen and oxygen atoms in total. The average Bonchev–Trinajstić information content (AvgIpc) is 2.87. The molecule has 1 fully saturated rings. The minimum atomic E-state index is -0.824. The van der Waals surface area contributed by atoms with E-state index in [1.165, 1.54) is 0 Å². The van der Waals surface area contributed by atoms with E-state index < -0.39 is 11.6 Å². The molecule has 3 aromatic rings. The highest BCUT2D eigenvalue weighted by atomic mass is 19.2. The first-order chi connectivity index (χ1) is 16.5. The Morgan fingerprint density at radius 3 is 2.26 bits per heavy atom. The molecular weight excluding hydrogens is 437 g/mol. The van der Waals surface area contributed by atoms with E-state index in [1.54, 1.807) is 48.5 Å². The molecule has 0 amide bonds. The summed E-state index contributed by atoms with van der Waals surface area (Å²) < 4.78 is 49.1. The van der Waals surface area contributed by atoms with E-state index in [9.17, 15) is 13.2 Å². The maximum Gasteiger partial charge on any atom is 0.166 e. The summed E-state index contributed by atoms with van der Waals surface area (Å²) in [6, 6.07) is 15.4. The van der Waals surface area contributed by atoms with Crippen LogP contribution in [0.15, 0.2) is 54.6 Å². The van der Waals surface area contributed by atoms with Crippen LogP contribution in [-0.2, 0) is 13.0 Å². The van der Waals surface area contributed by atoms with Crippen LogP contribution < -0.4 is 4.74 Å². The van der Waals surface area contributed by atoms with Gasteiger partial charge in [-0.2, -0.15) is 0 Å². The fraction of sp³-hybridized carbons (Fsp3) is 0.379. The topological polar surface area (TPSA) is 29.5 Å². The lowest BCUT2D eigenvalue weighted by Crippen LogP contribution is -2.14. The van der Waals surface area contributed by atoms with Crippen molar-refractivity contribution in [3.05, 3.63) is 88.7 Å². The molecule has 0 atom stereocenters. The minimum Gasteiger partial charge on any atom is -0.491 e. The van der Waals surface area contributed by atoms with Gasteiger partial charge in [0.15, 0.2) is 23.2 Å². The zero-order valence-corrected chi connectivity index (χ0v) is 19.5. The number of halogens is 3. The number of rotatable bonds is 8. The average molecular weight is 469 g/mol. The predicted molar refractivity (Wildman–Crippen MR) is 128 cm³/mol. The van der Waals surface area contributed by atoms with Crippen molar-refractivity contribution >= 4 is 0 Å². The highest BCUT2D eigenvalue weighted by Crippen LogP contribution is 2.39. The first kappa shape index (κ1) is 24.3. The first-order valence-corrected chi connectivity index (χ1v) is 12.1. The fourth-order valence-corrected chi connectivity index (χ4v) is 4.98. The van der Waals surface area contributed by atoms with Crippen LogP contribution in [0.4, 0.5) is 13.2 Å². The molecule has 5 heteroatoms. The van der Waals surface area contributed by atoms with Gasteiger partial charge in [0.05, 0.1) is 13.2 Å². The van der Waals surface area contributed by atoms with Crippen molar-refractivity contribution in [1.29, 1.82) is 0 Å². The van der Waals surface area contributed by atoms with Gasteiger partial charge in [0.25, 0.3) is 0 Å². The Balaban J connectivity index is 1.34. The van der Waals surface area contributed by atoms with Gasteiger partial charge in [0, 0.05) is 5.56 Å². The summed E-state index contributed by atoms with van der Waals surface area (Å²) in [6.07, 6.45) is 5.25. The van der Waals surface area contributed by atoms with Crippen LogP contribution in [0.5, 0.6) is 5.75 Å². The quantitative estimate of drug-likeness (QED) is 0.369. The van der Waals surface area contributed by atoms with Gasteiger partial charge in [-0.15, -0.1) is 0 Å². The van der Waals surface area contributed by atoms with Gasteiger partial charge in [-0.25, -0.2) is 13.2 Å². The van der Waals surface area contributed by atoms with Gasteiger partial charge in [0.1, 0.15) is 0 Å². The van der Waals surface area contributed by atoms with E-state index in [4.69, 9.17) is 9.84 Å². The van der Waals surface area contributed by atoms with Gasteiger partial charge in [-0.3, -0.25) is 0 Å². The second-order valence-corrected chi connectivity index (χ2v) is 9.13. The fourth-order valence-electron chi connectivity index (χ4n) is 4.98. The number of benzene rings is 3. The van der Waals surface area contributed by atoms with Crippen LogP contribution in [0.2, 0.25) is 0 Å². The van der Waals surface area contributed by atoms with Crippen molar-refractivity contribution < 1.29 is 23.0 Å². The molecule has 0 unspecified atom stereocenters. The Kier molecular flexibility index (Phi) is 7.94. The molecule has 3 aromatic carbocycles. The molecule has 0 bridgehead atoms. The van der Waals surface area contributed by atoms with E-state index in [0.717, 1.165) is 43.2 Å². The lowest BCUT2D eigenvalue weighted by Gasteiger charge is -2.29. The smallest absolute Gasteiger partial charge is 0.166 e. The highest BCUT2D eigenvalue weighted by Gasteiger charge is 2.24. The summed E-state index contributed by atoms with van der Waals surface area (Å²) in [5, 5.41) is 9.16. The van der Waals surface area contributed by atoms with Crippen molar-refractivity contribution in [1.82, 2.24) is 0 Å². The maximum atomic E-state index is 14.8. The van der Waals surface area contributed by atoms with Crippen LogP contribution in [0.25, 0.3) is 11.1 Å². The Morgan fingerprint density at radius 1 is 0.882 bits per heavy atom. The second-order valence-electron chi connectivity index (χ2n) is 9.13.